The number of hydrogen-bond acceptors (Lipinski definition) is 5. The zero-order valence-corrected chi connectivity index (χ0v) is 10.6. The highest BCUT2D eigenvalue weighted by Crippen LogP contribution is 2.21. The molecular formula is C14H15N3O2. The van der Waals surface area contributed by atoms with E-state index in [4.69, 9.17) is 5.73 Å². The van der Waals surface area contributed by atoms with Gasteiger partial charge in [0.1, 0.15) is 0 Å². The van der Waals surface area contributed by atoms with Crippen LogP contribution in [0.1, 0.15) is 15.9 Å². The average Bonchev–Trinajstić information content (AvgIpc) is 2.46. The lowest BCUT2D eigenvalue weighted by molar-refractivity contribution is 0.0601. The number of methoxy groups -OCH3 is 1. The number of nitrogen functional groups attached to an aromatic ring is 1. The number of pyridine rings is 1. The molecule has 1 aromatic carbocycles. The van der Waals surface area contributed by atoms with Gasteiger partial charge in [0, 0.05) is 18.9 Å². The third-order valence-electron chi connectivity index (χ3n) is 2.68. The number of rotatable bonds is 4. The highest BCUT2D eigenvalue weighted by molar-refractivity contribution is 5.91. The lowest BCUT2D eigenvalue weighted by atomic mass is 10.1. The number of carbonyl (C=O) groups excluding carboxylic acids is 1. The molecular weight excluding hydrogens is 242 g/mol. The monoisotopic (exact) mass is 257 g/mol. The normalized spacial score (nSPS) is 9.95. The summed E-state index contributed by atoms with van der Waals surface area (Å²) in [6.07, 6.45) is 3.49. The molecule has 98 valence electrons. The van der Waals surface area contributed by atoms with E-state index in [0.717, 1.165) is 5.56 Å². The van der Waals surface area contributed by atoms with Crippen LogP contribution in [0.3, 0.4) is 0 Å². The third-order valence-corrected chi connectivity index (χ3v) is 2.68. The highest BCUT2D eigenvalue weighted by Gasteiger charge is 2.08. The van der Waals surface area contributed by atoms with E-state index in [2.05, 4.69) is 15.0 Å². The summed E-state index contributed by atoms with van der Waals surface area (Å²) in [5, 5.41) is 3.18. The Balaban J connectivity index is 2.13. The second kappa shape index (κ2) is 5.86. The van der Waals surface area contributed by atoms with Crippen LogP contribution in [-0.4, -0.2) is 18.1 Å². The molecule has 0 saturated heterocycles. The SMILES string of the molecule is COC(=O)c1ccc(N)c(NCc2cccnc2)c1. The van der Waals surface area contributed by atoms with Gasteiger partial charge in [-0.25, -0.2) is 4.79 Å². The zero-order valence-electron chi connectivity index (χ0n) is 10.6. The number of carbonyl (C=O) groups is 1. The van der Waals surface area contributed by atoms with Gasteiger partial charge in [-0.05, 0) is 29.8 Å². The van der Waals surface area contributed by atoms with Gasteiger partial charge in [0.25, 0.3) is 0 Å². The fraction of sp³-hybridized carbons (Fsp3) is 0.143. The smallest absolute Gasteiger partial charge is 0.337 e. The molecule has 1 heterocycles. The molecule has 0 amide bonds. The predicted octanol–water partition coefficient (Wildman–Crippen LogP) is 2.06. The Hall–Kier alpha value is -2.56. The van der Waals surface area contributed by atoms with E-state index >= 15 is 0 Å². The number of aromatic nitrogens is 1. The molecule has 2 aromatic rings. The average molecular weight is 257 g/mol. The highest BCUT2D eigenvalue weighted by atomic mass is 16.5. The number of benzene rings is 1. The van der Waals surface area contributed by atoms with Crippen molar-refractivity contribution in [2.24, 2.45) is 0 Å². The van der Waals surface area contributed by atoms with Gasteiger partial charge in [-0.15, -0.1) is 0 Å². The van der Waals surface area contributed by atoms with E-state index in [1.165, 1.54) is 7.11 Å². The van der Waals surface area contributed by atoms with Crippen LogP contribution in [0.4, 0.5) is 11.4 Å². The molecule has 5 heteroatoms. The maximum absolute atomic E-state index is 11.5. The van der Waals surface area contributed by atoms with Crippen molar-refractivity contribution in [3.05, 3.63) is 53.9 Å². The standard InChI is InChI=1S/C14H15N3O2/c1-19-14(18)11-4-5-12(15)13(7-11)17-9-10-3-2-6-16-8-10/h2-8,17H,9,15H2,1H3. The van der Waals surface area contributed by atoms with Gasteiger partial charge >= 0.3 is 5.97 Å². The van der Waals surface area contributed by atoms with Gasteiger partial charge in [-0.2, -0.15) is 0 Å². The molecule has 0 atom stereocenters. The summed E-state index contributed by atoms with van der Waals surface area (Å²) in [5.74, 6) is -0.385. The van der Waals surface area contributed by atoms with Gasteiger partial charge in [-0.1, -0.05) is 6.07 Å². The topological polar surface area (TPSA) is 77.2 Å². The largest absolute Gasteiger partial charge is 0.465 e. The molecule has 5 nitrogen and oxygen atoms in total. The fourth-order valence-electron chi connectivity index (χ4n) is 1.65. The van der Waals surface area contributed by atoms with Crippen LogP contribution in [0.2, 0.25) is 0 Å². The molecule has 2 rings (SSSR count). The predicted molar refractivity (Wildman–Crippen MR) is 73.8 cm³/mol. The molecule has 0 fully saturated rings. The lowest BCUT2D eigenvalue weighted by Gasteiger charge is -2.10. The Morgan fingerprint density at radius 2 is 2.26 bits per heavy atom. The molecule has 19 heavy (non-hydrogen) atoms. The summed E-state index contributed by atoms with van der Waals surface area (Å²) < 4.78 is 4.68. The van der Waals surface area contributed by atoms with Crippen molar-refractivity contribution in [2.75, 3.05) is 18.2 Å². The molecule has 0 aliphatic rings. The minimum atomic E-state index is -0.385. The number of nitrogens with two attached hydrogens (primary N) is 1. The van der Waals surface area contributed by atoms with Crippen LogP contribution < -0.4 is 11.1 Å². The maximum atomic E-state index is 11.5. The summed E-state index contributed by atoms with van der Waals surface area (Å²) in [5.41, 5.74) is 8.64. The van der Waals surface area contributed by atoms with Crippen LogP contribution in [-0.2, 0) is 11.3 Å². The van der Waals surface area contributed by atoms with Gasteiger partial charge in [0.05, 0.1) is 24.0 Å². The van der Waals surface area contributed by atoms with E-state index < -0.39 is 0 Å². The molecule has 3 N–H and O–H groups in total. The van der Waals surface area contributed by atoms with Crippen molar-refractivity contribution >= 4 is 17.3 Å². The molecule has 0 aliphatic heterocycles. The summed E-state index contributed by atoms with van der Waals surface area (Å²) in [6.45, 7) is 0.586. The van der Waals surface area contributed by atoms with Crippen molar-refractivity contribution in [3.8, 4) is 0 Å². The van der Waals surface area contributed by atoms with Crippen molar-refractivity contribution in [2.45, 2.75) is 6.54 Å². The molecule has 1 aromatic heterocycles. The third kappa shape index (κ3) is 3.22. The summed E-state index contributed by atoms with van der Waals surface area (Å²) >= 11 is 0. The van der Waals surface area contributed by atoms with Crippen LogP contribution in [0.25, 0.3) is 0 Å². The van der Waals surface area contributed by atoms with Crippen LogP contribution in [0, 0.1) is 0 Å². The number of nitrogens with zero attached hydrogens (tertiary/aromatic N) is 1. The first-order valence-electron chi connectivity index (χ1n) is 5.81. The fourth-order valence-corrected chi connectivity index (χ4v) is 1.65. The Bertz CT molecular complexity index is 570. The quantitative estimate of drug-likeness (QED) is 0.647. The first kappa shape index (κ1) is 12.9. The van der Waals surface area contributed by atoms with Crippen LogP contribution in [0.5, 0.6) is 0 Å². The summed E-state index contributed by atoms with van der Waals surface area (Å²) in [4.78, 5) is 15.5. The zero-order chi connectivity index (χ0) is 13.7. The van der Waals surface area contributed by atoms with Crippen LogP contribution >= 0.6 is 0 Å². The number of hydrogen-bond donors (Lipinski definition) is 2. The first-order chi connectivity index (χ1) is 9.20. The Kier molecular flexibility index (Phi) is 3.97. The first-order valence-corrected chi connectivity index (χ1v) is 5.81. The van der Waals surface area contributed by atoms with E-state index in [9.17, 15) is 4.79 Å². The minimum Gasteiger partial charge on any atom is -0.465 e. The summed E-state index contributed by atoms with van der Waals surface area (Å²) in [7, 11) is 1.35. The van der Waals surface area contributed by atoms with Gasteiger partial charge < -0.3 is 15.8 Å². The number of nitrogens with one attached hydrogen (secondary N) is 1. The van der Waals surface area contributed by atoms with Gasteiger partial charge in [-0.3, -0.25) is 4.98 Å². The Morgan fingerprint density at radius 1 is 1.42 bits per heavy atom. The number of anilines is 2. The molecule has 0 saturated carbocycles. The van der Waals surface area contributed by atoms with Crippen LogP contribution in [0.15, 0.2) is 42.7 Å². The maximum Gasteiger partial charge on any atom is 0.337 e. The molecule has 0 spiro atoms. The Labute approximate surface area is 111 Å². The van der Waals surface area contributed by atoms with Crippen molar-refractivity contribution in [1.82, 2.24) is 4.98 Å². The number of esters is 1. The van der Waals surface area contributed by atoms with E-state index in [-0.39, 0.29) is 5.97 Å². The molecule has 0 bridgehead atoms. The lowest BCUT2D eigenvalue weighted by Crippen LogP contribution is -2.06. The number of ether oxygens (including phenoxy) is 1. The summed E-state index contributed by atoms with van der Waals surface area (Å²) in [6, 6.07) is 8.82. The van der Waals surface area contributed by atoms with Crippen molar-refractivity contribution in [1.29, 1.82) is 0 Å². The molecule has 0 aliphatic carbocycles. The Morgan fingerprint density at radius 3 is 2.95 bits per heavy atom. The second-order valence-electron chi connectivity index (χ2n) is 4.01. The van der Waals surface area contributed by atoms with Crippen molar-refractivity contribution < 1.29 is 9.53 Å². The van der Waals surface area contributed by atoms with E-state index in [1.54, 1.807) is 30.6 Å². The van der Waals surface area contributed by atoms with Crippen molar-refractivity contribution in [3.63, 3.8) is 0 Å². The van der Waals surface area contributed by atoms with E-state index in [1.807, 2.05) is 12.1 Å². The molecule has 0 radical (unpaired) electrons. The van der Waals surface area contributed by atoms with E-state index in [0.29, 0.717) is 23.5 Å². The minimum absolute atomic E-state index is 0.385. The van der Waals surface area contributed by atoms with Gasteiger partial charge in [0.2, 0.25) is 0 Å². The molecule has 0 unspecified atom stereocenters. The second-order valence-corrected chi connectivity index (χ2v) is 4.01. The van der Waals surface area contributed by atoms with Gasteiger partial charge in [0.15, 0.2) is 0 Å².